The largest absolute Gasteiger partial charge is 0.416 e. The van der Waals surface area contributed by atoms with Gasteiger partial charge in [0.1, 0.15) is 0 Å². The van der Waals surface area contributed by atoms with Crippen LogP contribution in [0.4, 0.5) is 13.2 Å². The first-order valence-electron chi connectivity index (χ1n) is 5.74. The monoisotopic (exact) mass is 295 g/mol. The first kappa shape index (κ1) is 12.9. The van der Waals surface area contributed by atoms with Crippen LogP contribution in [0.1, 0.15) is 5.56 Å². The van der Waals surface area contributed by atoms with Crippen LogP contribution in [0, 0.1) is 0 Å². The molecule has 0 amide bonds. The number of halogens is 3. The molecular weight excluding hydrogens is 287 g/mol. The second-order valence-electron chi connectivity index (χ2n) is 4.27. The maximum Gasteiger partial charge on any atom is 0.416 e. The van der Waals surface area contributed by atoms with Crippen molar-refractivity contribution in [2.24, 2.45) is 0 Å². The summed E-state index contributed by atoms with van der Waals surface area (Å²) >= 11 is 1.38. The van der Waals surface area contributed by atoms with E-state index in [1.165, 1.54) is 23.5 Å². The summed E-state index contributed by atoms with van der Waals surface area (Å²) in [6.07, 6.45) is -2.78. The number of H-pyrrole nitrogens is 1. The van der Waals surface area contributed by atoms with Gasteiger partial charge in [0.15, 0.2) is 0 Å². The number of benzene rings is 1. The lowest BCUT2D eigenvalue weighted by molar-refractivity contribution is -0.137. The molecule has 1 N–H and O–H groups in total. The normalized spacial score (nSPS) is 11.9. The fourth-order valence-electron chi connectivity index (χ4n) is 1.94. The number of hydrogen-bond acceptors (Lipinski definition) is 2. The molecule has 0 atom stereocenters. The second kappa shape index (κ2) is 4.49. The Bertz CT molecular complexity index is 815. The number of hydrogen-bond donors (Lipinski definition) is 1. The summed E-state index contributed by atoms with van der Waals surface area (Å²) in [6, 6.07) is 8.40. The van der Waals surface area contributed by atoms with Crippen LogP contribution in [-0.2, 0) is 6.18 Å². The molecule has 1 aromatic carbocycles. The molecule has 0 bridgehead atoms. The van der Waals surface area contributed by atoms with Gasteiger partial charge in [-0.3, -0.25) is 4.79 Å². The van der Waals surface area contributed by atoms with E-state index in [-0.39, 0.29) is 5.56 Å². The molecule has 0 unspecified atom stereocenters. The zero-order chi connectivity index (χ0) is 14.3. The van der Waals surface area contributed by atoms with Crippen molar-refractivity contribution in [2.75, 3.05) is 0 Å². The molecule has 20 heavy (non-hydrogen) atoms. The molecule has 102 valence electrons. The van der Waals surface area contributed by atoms with Gasteiger partial charge in [-0.05, 0) is 29.8 Å². The van der Waals surface area contributed by atoms with Crippen molar-refractivity contribution in [3.8, 4) is 10.4 Å². The molecule has 0 spiro atoms. The molecule has 0 aliphatic heterocycles. The minimum atomic E-state index is -4.34. The number of pyridine rings is 1. The number of aromatic nitrogens is 1. The molecule has 2 heterocycles. The van der Waals surface area contributed by atoms with Crippen LogP contribution in [0.3, 0.4) is 0 Å². The van der Waals surface area contributed by atoms with Crippen LogP contribution in [0.25, 0.3) is 20.5 Å². The van der Waals surface area contributed by atoms with E-state index in [1.54, 1.807) is 18.3 Å². The van der Waals surface area contributed by atoms with Crippen LogP contribution in [0.2, 0.25) is 0 Å². The zero-order valence-electron chi connectivity index (χ0n) is 9.99. The summed E-state index contributed by atoms with van der Waals surface area (Å²) in [5, 5.41) is 0.549. The number of nitrogens with one attached hydrogen (secondary N) is 1. The van der Waals surface area contributed by atoms with E-state index >= 15 is 0 Å². The van der Waals surface area contributed by atoms with Crippen molar-refractivity contribution in [2.45, 2.75) is 6.18 Å². The SMILES string of the molecule is O=c1[nH]ccc2sc(-c3ccc(C(F)(F)F)cc3)cc12. The van der Waals surface area contributed by atoms with E-state index in [0.29, 0.717) is 10.9 Å². The Morgan fingerprint density at radius 3 is 2.35 bits per heavy atom. The second-order valence-corrected chi connectivity index (χ2v) is 5.35. The van der Waals surface area contributed by atoms with Crippen LogP contribution < -0.4 is 5.56 Å². The summed E-state index contributed by atoms with van der Waals surface area (Å²) < 4.78 is 38.3. The van der Waals surface area contributed by atoms with Gasteiger partial charge in [0, 0.05) is 15.8 Å². The van der Waals surface area contributed by atoms with Gasteiger partial charge >= 0.3 is 6.18 Å². The summed E-state index contributed by atoms with van der Waals surface area (Å²) in [4.78, 5) is 15.0. The van der Waals surface area contributed by atoms with E-state index in [1.807, 2.05) is 0 Å². The van der Waals surface area contributed by atoms with Gasteiger partial charge in [0.05, 0.1) is 10.9 Å². The third-order valence-electron chi connectivity index (χ3n) is 2.95. The minimum Gasteiger partial charge on any atom is -0.329 e. The first-order chi connectivity index (χ1) is 9.45. The van der Waals surface area contributed by atoms with Gasteiger partial charge in [-0.1, -0.05) is 12.1 Å². The Labute approximate surface area is 115 Å². The third kappa shape index (κ3) is 2.22. The van der Waals surface area contributed by atoms with Crippen molar-refractivity contribution in [3.63, 3.8) is 0 Å². The standard InChI is InChI=1S/C14H8F3NOS/c15-14(16,17)9-3-1-8(2-4-9)12-7-10-11(20-12)5-6-18-13(10)19/h1-7H,(H,18,19). The van der Waals surface area contributed by atoms with Gasteiger partial charge in [0.2, 0.25) is 0 Å². The van der Waals surface area contributed by atoms with Gasteiger partial charge in [-0.25, -0.2) is 0 Å². The molecule has 3 rings (SSSR count). The molecule has 0 fully saturated rings. The number of fused-ring (bicyclic) bond motifs is 1. The molecule has 0 radical (unpaired) electrons. The van der Waals surface area contributed by atoms with Crippen LogP contribution in [-0.4, -0.2) is 4.98 Å². The highest BCUT2D eigenvalue weighted by molar-refractivity contribution is 7.22. The van der Waals surface area contributed by atoms with E-state index < -0.39 is 11.7 Å². The number of alkyl halides is 3. The molecule has 0 aliphatic carbocycles. The van der Waals surface area contributed by atoms with Gasteiger partial charge in [0.25, 0.3) is 5.56 Å². The summed E-state index contributed by atoms with van der Waals surface area (Å²) in [5.74, 6) is 0. The highest BCUT2D eigenvalue weighted by Gasteiger charge is 2.30. The Morgan fingerprint density at radius 2 is 1.75 bits per heavy atom. The number of rotatable bonds is 1. The van der Waals surface area contributed by atoms with Gasteiger partial charge in [-0.2, -0.15) is 13.2 Å². The van der Waals surface area contributed by atoms with E-state index in [0.717, 1.165) is 21.7 Å². The molecule has 6 heteroatoms. The van der Waals surface area contributed by atoms with Crippen molar-refractivity contribution in [3.05, 3.63) is 58.5 Å². The molecule has 0 aliphatic rings. The first-order valence-corrected chi connectivity index (χ1v) is 6.56. The Balaban J connectivity index is 2.07. The van der Waals surface area contributed by atoms with Crippen LogP contribution >= 0.6 is 11.3 Å². The van der Waals surface area contributed by atoms with Crippen molar-refractivity contribution in [1.82, 2.24) is 4.98 Å². The average Bonchev–Trinajstić information content (AvgIpc) is 2.83. The van der Waals surface area contributed by atoms with E-state index in [4.69, 9.17) is 0 Å². The smallest absolute Gasteiger partial charge is 0.329 e. The summed E-state index contributed by atoms with van der Waals surface area (Å²) in [7, 11) is 0. The fourth-order valence-corrected chi connectivity index (χ4v) is 3.01. The fraction of sp³-hybridized carbons (Fsp3) is 0.0714. The molecule has 0 saturated heterocycles. The quantitative estimate of drug-likeness (QED) is 0.714. The Hall–Kier alpha value is -2.08. The minimum absolute atomic E-state index is 0.197. The van der Waals surface area contributed by atoms with Crippen molar-refractivity contribution in [1.29, 1.82) is 0 Å². The molecule has 0 saturated carbocycles. The Kier molecular flexibility index (Phi) is 2.90. The van der Waals surface area contributed by atoms with Crippen LogP contribution in [0.5, 0.6) is 0 Å². The predicted molar refractivity (Wildman–Crippen MR) is 72.9 cm³/mol. The van der Waals surface area contributed by atoms with Crippen LogP contribution in [0.15, 0.2) is 47.4 Å². The molecular formula is C14H8F3NOS. The molecule has 2 aromatic heterocycles. The maximum absolute atomic E-state index is 12.5. The number of thiophene rings is 1. The van der Waals surface area contributed by atoms with Gasteiger partial charge in [-0.15, -0.1) is 11.3 Å². The molecule has 2 nitrogen and oxygen atoms in total. The third-order valence-corrected chi connectivity index (χ3v) is 4.10. The Morgan fingerprint density at radius 1 is 1.05 bits per heavy atom. The number of aromatic amines is 1. The highest BCUT2D eigenvalue weighted by Crippen LogP contribution is 2.34. The lowest BCUT2D eigenvalue weighted by Gasteiger charge is -2.06. The van der Waals surface area contributed by atoms with E-state index in [9.17, 15) is 18.0 Å². The van der Waals surface area contributed by atoms with E-state index in [2.05, 4.69) is 4.98 Å². The highest BCUT2D eigenvalue weighted by atomic mass is 32.1. The van der Waals surface area contributed by atoms with Gasteiger partial charge < -0.3 is 4.98 Å². The zero-order valence-corrected chi connectivity index (χ0v) is 10.8. The van der Waals surface area contributed by atoms with Crippen molar-refractivity contribution < 1.29 is 13.2 Å². The van der Waals surface area contributed by atoms with Crippen molar-refractivity contribution >= 4 is 21.4 Å². The summed E-state index contributed by atoms with van der Waals surface area (Å²) in [6.45, 7) is 0. The lowest BCUT2D eigenvalue weighted by atomic mass is 10.1. The summed E-state index contributed by atoms with van der Waals surface area (Å²) in [5.41, 5.74) is -0.212. The topological polar surface area (TPSA) is 32.9 Å². The average molecular weight is 295 g/mol. The molecule has 3 aromatic rings. The maximum atomic E-state index is 12.5. The lowest BCUT2D eigenvalue weighted by Crippen LogP contribution is -2.03. The predicted octanol–water partition coefficient (Wildman–Crippen LogP) is 4.28.